The molecular weight excluding hydrogens is 332 g/mol. The fourth-order valence-electron chi connectivity index (χ4n) is 2.79. The fourth-order valence-corrected chi connectivity index (χ4v) is 2.92. The van der Waals surface area contributed by atoms with E-state index in [2.05, 4.69) is 0 Å². The Morgan fingerprint density at radius 2 is 1.71 bits per heavy atom. The molecule has 2 nitrogen and oxygen atoms in total. The van der Waals surface area contributed by atoms with Crippen LogP contribution in [-0.4, -0.2) is 5.91 Å². The second-order valence-electron chi connectivity index (χ2n) is 5.73. The molecule has 0 aliphatic carbocycles. The molecule has 0 heterocycles. The van der Waals surface area contributed by atoms with E-state index in [1.165, 1.54) is 19.1 Å². The molecule has 2 aromatic rings. The van der Waals surface area contributed by atoms with E-state index in [4.69, 9.17) is 11.6 Å². The third-order valence-corrected chi connectivity index (χ3v) is 4.11. The van der Waals surface area contributed by atoms with Crippen LogP contribution < -0.4 is 4.90 Å². The molecule has 1 amide bonds. The normalized spacial score (nSPS) is 12.0. The maximum atomic E-state index is 13.7. The number of nitrogens with zero attached hydrogens (tertiary/aromatic N) is 1. The molecule has 0 aliphatic rings. The highest BCUT2D eigenvalue weighted by Gasteiger charge is 2.25. The molecule has 0 spiro atoms. The van der Waals surface area contributed by atoms with Crippen LogP contribution >= 0.6 is 11.6 Å². The lowest BCUT2D eigenvalue weighted by molar-refractivity contribution is -0.117. The van der Waals surface area contributed by atoms with Gasteiger partial charge in [-0.05, 0) is 48.4 Å². The first-order valence-corrected chi connectivity index (χ1v) is 8.31. The van der Waals surface area contributed by atoms with Crippen LogP contribution in [0.1, 0.15) is 44.7 Å². The van der Waals surface area contributed by atoms with Crippen LogP contribution in [0.4, 0.5) is 14.5 Å². The van der Waals surface area contributed by atoms with E-state index in [9.17, 15) is 13.6 Å². The predicted molar refractivity (Wildman–Crippen MR) is 93.2 cm³/mol. The molecule has 0 saturated carbocycles. The summed E-state index contributed by atoms with van der Waals surface area (Å²) in [5.41, 5.74) is 1.10. The fraction of sp³-hybridized carbons (Fsp3) is 0.316. The van der Waals surface area contributed by atoms with Gasteiger partial charge in [0.2, 0.25) is 5.91 Å². The largest absolute Gasteiger partial charge is 0.305 e. The van der Waals surface area contributed by atoms with Crippen molar-refractivity contribution in [3.63, 3.8) is 0 Å². The summed E-state index contributed by atoms with van der Waals surface area (Å²) in [5, 5.41) is 0.559. The van der Waals surface area contributed by atoms with Crippen molar-refractivity contribution in [2.75, 3.05) is 4.90 Å². The average Bonchev–Trinajstić information content (AvgIpc) is 2.51. The van der Waals surface area contributed by atoms with E-state index in [0.717, 1.165) is 18.9 Å². The molecule has 0 aliphatic heterocycles. The SMILES string of the molecule is CCCC[C@H](c1cc(F)cc(F)c1)N(C(C)=O)c1ccc(Cl)cc1. The Balaban J connectivity index is 2.49. The predicted octanol–water partition coefficient (Wildman–Crippen LogP) is 5.90. The van der Waals surface area contributed by atoms with Gasteiger partial charge in [-0.1, -0.05) is 31.4 Å². The molecule has 0 bridgehead atoms. The van der Waals surface area contributed by atoms with Gasteiger partial charge in [0, 0.05) is 23.7 Å². The molecular formula is C19H20ClF2NO. The lowest BCUT2D eigenvalue weighted by atomic mass is 9.98. The number of benzene rings is 2. The van der Waals surface area contributed by atoms with E-state index in [-0.39, 0.29) is 5.91 Å². The number of halogens is 3. The summed E-state index contributed by atoms with van der Waals surface area (Å²) in [6, 6.07) is 9.82. The number of carbonyl (C=O) groups excluding carboxylic acids is 1. The molecule has 5 heteroatoms. The first-order chi connectivity index (χ1) is 11.4. The summed E-state index contributed by atoms with van der Waals surface area (Å²) in [7, 11) is 0. The third-order valence-electron chi connectivity index (χ3n) is 3.86. The lowest BCUT2D eigenvalue weighted by Gasteiger charge is -2.32. The van der Waals surface area contributed by atoms with E-state index in [1.807, 2.05) is 6.92 Å². The molecule has 0 N–H and O–H groups in total. The minimum Gasteiger partial charge on any atom is -0.305 e. The monoisotopic (exact) mass is 351 g/mol. The zero-order valence-corrected chi connectivity index (χ0v) is 14.5. The quantitative estimate of drug-likeness (QED) is 0.634. The van der Waals surface area contributed by atoms with Gasteiger partial charge >= 0.3 is 0 Å². The lowest BCUT2D eigenvalue weighted by Crippen LogP contribution is -2.33. The van der Waals surface area contributed by atoms with Crippen molar-refractivity contribution >= 4 is 23.2 Å². The van der Waals surface area contributed by atoms with Crippen molar-refractivity contribution in [3.8, 4) is 0 Å². The van der Waals surface area contributed by atoms with Crippen LogP contribution in [0.15, 0.2) is 42.5 Å². The highest BCUT2D eigenvalue weighted by Crippen LogP contribution is 2.33. The second-order valence-corrected chi connectivity index (χ2v) is 6.16. The van der Waals surface area contributed by atoms with Crippen molar-refractivity contribution in [1.82, 2.24) is 0 Å². The highest BCUT2D eigenvalue weighted by molar-refractivity contribution is 6.30. The van der Waals surface area contributed by atoms with E-state index in [1.54, 1.807) is 29.2 Å². The van der Waals surface area contributed by atoms with Gasteiger partial charge in [-0.3, -0.25) is 4.79 Å². The molecule has 2 rings (SSSR count). The van der Waals surface area contributed by atoms with Crippen LogP contribution in [0.3, 0.4) is 0 Å². The van der Waals surface area contributed by atoms with Gasteiger partial charge in [0.15, 0.2) is 0 Å². The minimum absolute atomic E-state index is 0.192. The maximum Gasteiger partial charge on any atom is 0.224 e. The topological polar surface area (TPSA) is 20.3 Å². The summed E-state index contributed by atoms with van der Waals surface area (Å²) in [4.78, 5) is 13.9. The van der Waals surface area contributed by atoms with Crippen LogP contribution in [0.5, 0.6) is 0 Å². The molecule has 0 radical (unpaired) electrons. The van der Waals surface area contributed by atoms with Crippen LogP contribution in [0.2, 0.25) is 5.02 Å². The van der Waals surface area contributed by atoms with Gasteiger partial charge in [-0.15, -0.1) is 0 Å². The van der Waals surface area contributed by atoms with Gasteiger partial charge in [0.1, 0.15) is 11.6 Å². The van der Waals surface area contributed by atoms with Crippen molar-refractivity contribution < 1.29 is 13.6 Å². The Bertz CT molecular complexity index is 683. The average molecular weight is 352 g/mol. The summed E-state index contributed by atoms with van der Waals surface area (Å²) in [6.07, 6.45) is 2.36. The van der Waals surface area contributed by atoms with Gasteiger partial charge in [-0.25, -0.2) is 8.78 Å². The van der Waals surface area contributed by atoms with E-state index < -0.39 is 17.7 Å². The number of carbonyl (C=O) groups is 1. The Kier molecular flexibility index (Phi) is 6.32. The molecule has 0 unspecified atom stereocenters. The zero-order valence-electron chi connectivity index (χ0n) is 13.7. The Morgan fingerprint density at radius 3 is 2.21 bits per heavy atom. The first-order valence-electron chi connectivity index (χ1n) is 7.93. The van der Waals surface area contributed by atoms with E-state index >= 15 is 0 Å². The molecule has 1 atom stereocenters. The Morgan fingerprint density at radius 1 is 1.12 bits per heavy atom. The molecule has 128 valence electrons. The Hall–Kier alpha value is -1.94. The molecule has 24 heavy (non-hydrogen) atoms. The molecule has 0 saturated heterocycles. The zero-order chi connectivity index (χ0) is 17.7. The van der Waals surface area contributed by atoms with E-state index in [0.29, 0.717) is 22.7 Å². The molecule has 0 fully saturated rings. The van der Waals surface area contributed by atoms with Crippen molar-refractivity contribution in [3.05, 3.63) is 64.7 Å². The van der Waals surface area contributed by atoms with Crippen molar-refractivity contribution in [1.29, 1.82) is 0 Å². The summed E-state index contributed by atoms with van der Waals surface area (Å²) in [6.45, 7) is 3.48. The summed E-state index contributed by atoms with van der Waals surface area (Å²) < 4.78 is 27.3. The summed E-state index contributed by atoms with van der Waals surface area (Å²) in [5.74, 6) is -1.49. The van der Waals surface area contributed by atoms with Gasteiger partial charge < -0.3 is 4.90 Å². The molecule has 2 aromatic carbocycles. The van der Waals surface area contributed by atoms with Gasteiger partial charge in [-0.2, -0.15) is 0 Å². The maximum absolute atomic E-state index is 13.7. The standard InChI is InChI=1S/C19H20ClF2NO/c1-3-4-5-19(14-10-16(21)12-17(22)11-14)23(13(2)24)18-8-6-15(20)7-9-18/h6-12,19H,3-5H2,1-2H3/t19-/m1/s1. The van der Waals surface area contributed by atoms with Crippen LogP contribution in [-0.2, 0) is 4.79 Å². The number of hydrogen-bond acceptors (Lipinski definition) is 1. The minimum atomic E-state index is -0.647. The van der Waals surface area contributed by atoms with Crippen molar-refractivity contribution in [2.45, 2.75) is 39.2 Å². The number of unbranched alkanes of at least 4 members (excludes halogenated alkanes) is 1. The number of hydrogen-bond donors (Lipinski definition) is 0. The third kappa shape index (κ3) is 4.54. The van der Waals surface area contributed by atoms with Crippen LogP contribution in [0.25, 0.3) is 0 Å². The van der Waals surface area contributed by atoms with Crippen molar-refractivity contribution in [2.24, 2.45) is 0 Å². The Labute approximate surface area is 146 Å². The van der Waals surface area contributed by atoms with Crippen LogP contribution in [0, 0.1) is 11.6 Å². The molecule has 0 aromatic heterocycles. The number of anilines is 1. The second kappa shape index (κ2) is 8.25. The van der Waals surface area contributed by atoms with Gasteiger partial charge in [0.25, 0.3) is 0 Å². The summed E-state index contributed by atoms with van der Waals surface area (Å²) >= 11 is 5.92. The highest BCUT2D eigenvalue weighted by atomic mass is 35.5. The first kappa shape index (κ1) is 18.4. The number of rotatable bonds is 6. The van der Waals surface area contributed by atoms with Gasteiger partial charge in [0.05, 0.1) is 6.04 Å². The smallest absolute Gasteiger partial charge is 0.224 e. The number of amides is 1.